The lowest BCUT2D eigenvalue weighted by atomic mass is 10.1. The van der Waals surface area contributed by atoms with Crippen LogP contribution >= 0.6 is 45.2 Å². The molecule has 0 aromatic rings. The van der Waals surface area contributed by atoms with Gasteiger partial charge >= 0.3 is 0 Å². The molecule has 0 amide bonds. The first kappa shape index (κ1) is 21.4. The summed E-state index contributed by atoms with van der Waals surface area (Å²) in [7, 11) is -2.34. The average molecular weight is 534 g/mol. The number of hydrogen-bond donors (Lipinski definition) is 0. The minimum atomic E-state index is -1.18. The zero-order valence-electron chi connectivity index (χ0n) is 14.4. The Bertz CT molecular complexity index is 358. The molecule has 0 spiro atoms. The molecule has 0 N–H and O–H groups in total. The van der Waals surface area contributed by atoms with E-state index in [1.807, 2.05) is 0 Å². The first-order valence-corrected chi connectivity index (χ1v) is 16.9. The Morgan fingerprint density at radius 1 is 0.850 bits per heavy atom. The summed E-state index contributed by atoms with van der Waals surface area (Å²) < 4.78 is 3.30. The van der Waals surface area contributed by atoms with Crippen LogP contribution in [-0.2, 0) is 0 Å². The molecule has 0 aliphatic carbocycles. The molecule has 0 rings (SSSR count). The first-order valence-electron chi connectivity index (χ1n) is 7.77. The van der Waals surface area contributed by atoms with E-state index in [1.165, 1.54) is 32.1 Å². The molecular weight excluding hydrogens is 502 g/mol. The van der Waals surface area contributed by atoms with Crippen LogP contribution in [0.15, 0.2) is 18.1 Å². The van der Waals surface area contributed by atoms with E-state index in [4.69, 9.17) is 0 Å². The van der Waals surface area contributed by atoms with Crippen LogP contribution in [0.4, 0.5) is 0 Å². The van der Waals surface area contributed by atoms with Crippen molar-refractivity contribution in [1.82, 2.24) is 0 Å². The second kappa shape index (κ2) is 9.50. The molecule has 0 aromatic carbocycles. The third kappa shape index (κ3) is 8.73. The predicted octanol–water partition coefficient (Wildman–Crippen LogP) is 7.72. The van der Waals surface area contributed by atoms with E-state index in [2.05, 4.69) is 97.5 Å². The molecule has 20 heavy (non-hydrogen) atoms. The van der Waals surface area contributed by atoms with Crippen LogP contribution in [0.5, 0.6) is 0 Å². The molecule has 0 atom stereocenters. The summed E-state index contributed by atoms with van der Waals surface area (Å²) in [6.07, 6.45) is 9.26. The van der Waals surface area contributed by atoms with E-state index in [0.717, 1.165) is 0 Å². The Kier molecular flexibility index (Phi) is 10.2. The van der Waals surface area contributed by atoms with Gasteiger partial charge in [0.05, 0.1) is 16.1 Å². The summed E-state index contributed by atoms with van der Waals surface area (Å²) in [4.78, 5) is 0. The van der Waals surface area contributed by atoms with Crippen molar-refractivity contribution in [3.05, 3.63) is 18.1 Å². The van der Waals surface area contributed by atoms with Crippen LogP contribution in [0.25, 0.3) is 0 Å². The molecule has 0 saturated carbocycles. The zero-order chi connectivity index (χ0) is 16.0. The van der Waals surface area contributed by atoms with Gasteiger partial charge in [0.1, 0.15) is 0 Å². The lowest BCUT2D eigenvalue weighted by Crippen LogP contribution is -2.23. The van der Waals surface area contributed by atoms with Gasteiger partial charge in [-0.3, -0.25) is 0 Å². The maximum atomic E-state index is 2.64. The molecule has 0 radical (unpaired) electrons. The summed E-state index contributed by atoms with van der Waals surface area (Å²) in [5, 5.41) is 0. The van der Waals surface area contributed by atoms with Crippen LogP contribution < -0.4 is 0 Å². The van der Waals surface area contributed by atoms with Crippen LogP contribution in [0.2, 0.25) is 39.3 Å². The summed E-state index contributed by atoms with van der Waals surface area (Å²) in [5.74, 6) is 0. The molecule has 118 valence electrons. The zero-order valence-corrected chi connectivity index (χ0v) is 20.7. The van der Waals surface area contributed by atoms with Gasteiger partial charge in [-0.1, -0.05) is 117 Å². The fourth-order valence-electron chi connectivity index (χ4n) is 1.84. The van der Waals surface area contributed by atoms with E-state index in [0.29, 0.717) is 0 Å². The van der Waals surface area contributed by atoms with Crippen LogP contribution in [0, 0.1) is 0 Å². The fourth-order valence-corrected chi connectivity index (χ4v) is 4.41. The van der Waals surface area contributed by atoms with E-state index >= 15 is 0 Å². The van der Waals surface area contributed by atoms with Crippen molar-refractivity contribution in [1.29, 1.82) is 0 Å². The molecule has 0 saturated heterocycles. The van der Waals surface area contributed by atoms with Gasteiger partial charge in [0.2, 0.25) is 0 Å². The molecular formula is C16H32I2Si2. The molecule has 0 aliphatic rings. The molecule has 0 fully saturated rings. The molecule has 0 aliphatic heterocycles. The normalized spacial score (nSPS) is 15.3. The SMILES string of the molecule is CCCCCCC(C=C(I)[Si](C)(C)C)=C(I)[Si](C)(C)C. The number of unbranched alkanes of at least 4 members (excludes halogenated alkanes) is 3. The lowest BCUT2D eigenvalue weighted by molar-refractivity contribution is 0.668. The first-order chi connectivity index (χ1) is 9.00. The maximum Gasteiger partial charge on any atom is 0.0858 e. The summed E-state index contributed by atoms with van der Waals surface area (Å²) >= 11 is 5.24. The van der Waals surface area contributed by atoms with Crippen LogP contribution in [0.3, 0.4) is 0 Å². The highest BCUT2D eigenvalue weighted by atomic mass is 127. The molecule has 0 heterocycles. The van der Waals surface area contributed by atoms with Gasteiger partial charge in [0.25, 0.3) is 0 Å². The van der Waals surface area contributed by atoms with Gasteiger partial charge in [-0.2, -0.15) is 0 Å². The Hall–Kier alpha value is 1.37. The fraction of sp³-hybridized carbons (Fsp3) is 0.750. The number of halogens is 2. The van der Waals surface area contributed by atoms with Gasteiger partial charge < -0.3 is 0 Å². The standard InChI is InChI=1S/C16H32I2Si2/c1-8-9-10-11-12-14(16(18)20(5,6)7)13-15(17)19(2,3)4/h13H,8-12H2,1-7H3. The van der Waals surface area contributed by atoms with Crippen molar-refractivity contribution in [2.24, 2.45) is 0 Å². The van der Waals surface area contributed by atoms with E-state index in [9.17, 15) is 0 Å². The van der Waals surface area contributed by atoms with Crippen molar-refractivity contribution in [3.8, 4) is 0 Å². The molecule has 0 aromatic heterocycles. The molecule has 0 nitrogen and oxygen atoms in total. The highest BCUT2D eigenvalue weighted by molar-refractivity contribution is 14.1. The third-order valence-electron chi connectivity index (χ3n) is 3.26. The Labute approximate surface area is 156 Å². The smallest absolute Gasteiger partial charge is 0.0654 e. The summed E-state index contributed by atoms with van der Waals surface area (Å²) in [5.41, 5.74) is 1.65. The second-order valence-electron chi connectivity index (χ2n) is 7.64. The number of allylic oxidation sites excluding steroid dienone is 2. The Morgan fingerprint density at radius 3 is 1.80 bits per heavy atom. The van der Waals surface area contributed by atoms with E-state index < -0.39 is 16.1 Å². The molecule has 4 heteroatoms. The molecule has 0 bridgehead atoms. The van der Waals surface area contributed by atoms with Gasteiger partial charge in [0, 0.05) is 0 Å². The van der Waals surface area contributed by atoms with Crippen LogP contribution in [-0.4, -0.2) is 16.1 Å². The average Bonchev–Trinajstić information content (AvgIpc) is 2.29. The second-order valence-corrected chi connectivity index (χ2v) is 22.0. The number of rotatable bonds is 8. The van der Waals surface area contributed by atoms with Gasteiger partial charge in [0.15, 0.2) is 0 Å². The Balaban J connectivity index is 5.19. The van der Waals surface area contributed by atoms with Crippen molar-refractivity contribution in [3.63, 3.8) is 0 Å². The van der Waals surface area contributed by atoms with Crippen molar-refractivity contribution in [2.75, 3.05) is 0 Å². The van der Waals surface area contributed by atoms with E-state index in [1.54, 1.807) is 12.0 Å². The minimum Gasteiger partial charge on any atom is -0.0654 e. The van der Waals surface area contributed by atoms with Gasteiger partial charge in [-0.15, -0.1) is 0 Å². The van der Waals surface area contributed by atoms with Gasteiger partial charge in [-0.25, -0.2) is 0 Å². The quantitative estimate of drug-likeness (QED) is 0.130. The largest absolute Gasteiger partial charge is 0.0858 e. The van der Waals surface area contributed by atoms with E-state index in [-0.39, 0.29) is 0 Å². The van der Waals surface area contributed by atoms with Crippen molar-refractivity contribution >= 4 is 61.3 Å². The number of hydrogen-bond acceptors (Lipinski definition) is 0. The lowest BCUT2D eigenvalue weighted by Gasteiger charge is -2.22. The monoisotopic (exact) mass is 534 g/mol. The van der Waals surface area contributed by atoms with Gasteiger partial charge in [-0.05, 0) is 24.8 Å². The van der Waals surface area contributed by atoms with Crippen molar-refractivity contribution < 1.29 is 0 Å². The third-order valence-corrected chi connectivity index (χ3v) is 17.2. The highest BCUT2D eigenvalue weighted by Crippen LogP contribution is 2.32. The predicted molar refractivity (Wildman–Crippen MR) is 119 cm³/mol. The Morgan fingerprint density at radius 2 is 1.40 bits per heavy atom. The summed E-state index contributed by atoms with van der Waals surface area (Å²) in [6, 6.07) is 0. The molecule has 0 unspecified atom stereocenters. The van der Waals surface area contributed by atoms with Crippen molar-refractivity contribution in [2.45, 2.75) is 78.3 Å². The summed E-state index contributed by atoms with van der Waals surface area (Å²) in [6.45, 7) is 17.0. The highest BCUT2D eigenvalue weighted by Gasteiger charge is 2.22. The maximum absolute atomic E-state index is 2.64. The minimum absolute atomic E-state index is 1.16. The topological polar surface area (TPSA) is 0 Å². The van der Waals surface area contributed by atoms with Crippen LogP contribution in [0.1, 0.15) is 39.0 Å².